The summed E-state index contributed by atoms with van der Waals surface area (Å²) in [4.78, 5) is 0. The van der Waals surface area contributed by atoms with Crippen molar-refractivity contribution in [2.24, 2.45) is 0 Å². The zero-order valence-electron chi connectivity index (χ0n) is 5.94. The number of nitrogens with zero attached hydrogens (tertiary/aromatic N) is 2. The van der Waals surface area contributed by atoms with Crippen LogP contribution in [0.1, 0.15) is 6.92 Å². The second-order valence-corrected chi connectivity index (χ2v) is 5.61. The van der Waals surface area contributed by atoms with Crippen LogP contribution in [-0.2, 0) is 0 Å². The average Bonchev–Trinajstić information content (AvgIpc) is 2.46. The molecule has 0 amide bonds. The molecular weight excluding hydrogens is 176 g/mol. The van der Waals surface area contributed by atoms with Crippen molar-refractivity contribution in [1.82, 2.24) is 0 Å². The molecule has 0 radical (unpaired) electrons. The molecule has 1 heterocycles. The molecule has 2 atom stereocenters. The van der Waals surface area contributed by atoms with Gasteiger partial charge in [0.25, 0.3) is 0 Å². The molecule has 0 N–H and O–H groups in total. The molecule has 0 aliphatic carbocycles. The van der Waals surface area contributed by atoms with Gasteiger partial charge >= 0.3 is 0 Å². The normalized spacial score (nSPS) is 29.2. The van der Waals surface area contributed by atoms with E-state index < -0.39 is 0 Å². The summed E-state index contributed by atoms with van der Waals surface area (Å²) in [5.41, 5.74) is 0.610. The highest BCUT2D eigenvalue weighted by Gasteiger charge is 2.21. The van der Waals surface area contributed by atoms with Gasteiger partial charge in [-0.2, -0.15) is 10.5 Å². The third-order valence-electron chi connectivity index (χ3n) is 1.21. The van der Waals surface area contributed by atoms with Crippen LogP contribution in [0.2, 0.25) is 0 Å². The van der Waals surface area contributed by atoms with E-state index in [1.807, 2.05) is 23.8 Å². The van der Waals surface area contributed by atoms with E-state index in [4.69, 9.17) is 10.5 Å². The summed E-state index contributed by atoms with van der Waals surface area (Å²) >= 11 is 0. The van der Waals surface area contributed by atoms with Crippen LogP contribution < -0.4 is 0 Å². The summed E-state index contributed by atoms with van der Waals surface area (Å²) in [6.07, 6.45) is 0. The Balaban J connectivity index is 2.92. The molecular formula is C7H6N2S2. The first-order valence-corrected chi connectivity index (χ1v) is 5.76. The smallest absolute Gasteiger partial charge is 0.137 e. The van der Waals surface area contributed by atoms with E-state index in [1.165, 1.54) is 10.8 Å². The van der Waals surface area contributed by atoms with Crippen molar-refractivity contribution in [2.45, 2.75) is 12.2 Å². The van der Waals surface area contributed by atoms with Crippen molar-refractivity contribution < 1.29 is 0 Å². The van der Waals surface area contributed by atoms with E-state index in [9.17, 15) is 0 Å². The van der Waals surface area contributed by atoms with Crippen LogP contribution in [0.4, 0.5) is 0 Å². The largest absolute Gasteiger partial charge is 0.197 e. The molecule has 0 aromatic heterocycles. The molecule has 0 saturated carbocycles. The highest BCUT2D eigenvalue weighted by atomic mass is 33.1. The minimum Gasteiger partial charge on any atom is -0.197 e. The quantitative estimate of drug-likeness (QED) is 0.425. The topological polar surface area (TPSA) is 47.6 Å². The maximum atomic E-state index is 8.61. The van der Waals surface area contributed by atoms with Crippen LogP contribution in [0.25, 0.3) is 0 Å². The third kappa shape index (κ3) is 1.65. The lowest BCUT2D eigenvalue weighted by Crippen LogP contribution is -1.94. The molecule has 2 unspecified atom stereocenters. The van der Waals surface area contributed by atoms with E-state index in [0.29, 0.717) is 5.57 Å². The first kappa shape index (κ1) is 8.39. The third-order valence-corrected chi connectivity index (χ3v) is 5.05. The molecule has 1 rings (SSSR count). The fourth-order valence-electron chi connectivity index (χ4n) is 0.677. The first-order valence-electron chi connectivity index (χ1n) is 3.01. The molecule has 0 fully saturated rings. The van der Waals surface area contributed by atoms with Crippen LogP contribution >= 0.6 is 20.3 Å². The monoisotopic (exact) mass is 182 g/mol. The molecule has 2 nitrogen and oxygen atoms in total. The van der Waals surface area contributed by atoms with E-state index >= 15 is 0 Å². The summed E-state index contributed by atoms with van der Waals surface area (Å²) < 4.78 is 0. The second-order valence-electron chi connectivity index (χ2n) is 1.85. The maximum Gasteiger partial charge on any atom is 0.137 e. The predicted octanol–water partition coefficient (Wildman–Crippen LogP) is 2.04. The maximum absolute atomic E-state index is 8.61. The van der Waals surface area contributed by atoms with Crippen molar-refractivity contribution in [3.05, 3.63) is 11.0 Å². The molecule has 1 aliphatic heterocycles. The number of hydrogen-bond acceptors (Lipinski definition) is 3. The molecule has 0 aromatic rings. The molecule has 1 aliphatic rings. The Morgan fingerprint density at radius 2 is 2.45 bits per heavy atom. The average molecular weight is 182 g/mol. The number of nitriles is 2. The van der Waals surface area contributed by atoms with Gasteiger partial charge in [-0.15, -0.1) is 9.52 Å². The van der Waals surface area contributed by atoms with Crippen molar-refractivity contribution in [3.8, 4) is 12.1 Å². The van der Waals surface area contributed by atoms with Gasteiger partial charge < -0.3 is 0 Å². The second kappa shape index (κ2) is 3.61. The summed E-state index contributed by atoms with van der Waals surface area (Å²) in [7, 11) is 1.53. The molecule has 11 heavy (non-hydrogen) atoms. The van der Waals surface area contributed by atoms with Gasteiger partial charge in [-0.3, -0.25) is 0 Å². The van der Waals surface area contributed by atoms with Crippen LogP contribution in [0.3, 0.4) is 0 Å². The summed E-state index contributed by atoms with van der Waals surface area (Å²) in [6.45, 7) is 1.95. The van der Waals surface area contributed by atoms with Gasteiger partial charge in [0.15, 0.2) is 0 Å². The lowest BCUT2D eigenvalue weighted by atomic mass is 10.2. The fraction of sp³-hybridized carbons (Fsp3) is 0.286. The van der Waals surface area contributed by atoms with Gasteiger partial charge in [-0.25, -0.2) is 0 Å². The Kier molecular flexibility index (Phi) is 2.76. The Labute approximate surface area is 71.8 Å². The summed E-state index contributed by atoms with van der Waals surface area (Å²) in [5.74, 6) is 0. The Morgan fingerprint density at radius 1 is 1.73 bits per heavy atom. The predicted molar refractivity (Wildman–Crippen MR) is 50.0 cm³/mol. The molecule has 4 heteroatoms. The number of rotatable bonds is 0. The minimum absolute atomic E-state index is 0.00954. The molecule has 0 saturated heterocycles. The van der Waals surface area contributed by atoms with Gasteiger partial charge in [0.2, 0.25) is 0 Å². The van der Waals surface area contributed by atoms with E-state index in [1.54, 1.807) is 0 Å². The van der Waals surface area contributed by atoms with E-state index in [0.717, 1.165) is 0 Å². The lowest BCUT2D eigenvalue weighted by molar-refractivity contribution is 1.31. The standard InChI is InChI=1S/C7H6N2S2/c1-2-11-5-6(3-8)7(4-9)10-11/h2,5,7H,1H3. The molecule has 0 spiro atoms. The van der Waals surface area contributed by atoms with Gasteiger partial charge in [0.1, 0.15) is 5.25 Å². The number of hydrogen-bond donors (Lipinski definition) is 0. The molecule has 0 bridgehead atoms. The van der Waals surface area contributed by atoms with Gasteiger partial charge in [-0.1, -0.05) is 16.2 Å². The van der Waals surface area contributed by atoms with Gasteiger partial charge in [-0.05, 0) is 12.3 Å². The van der Waals surface area contributed by atoms with Crippen molar-refractivity contribution in [1.29, 1.82) is 10.5 Å². The zero-order chi connectivity index (χ0) is 8.27. The first-order chi connectivity index (χ1) is 5.31. The van der Waals surface area contributed by atoms with Crippen molar-refractivity contribution in [2.75, 3.05) is 0 Å². The highest BCUT2D eigenvalue weighted by molar-refractivity contribution is 8.85. The van der Waals surface area contributed by atoms with Gasteiger partial charge in [0, 0.05) is 0 Å². The Hall–Kier alpha value is -0.710. The minimum atomic E-state index is -0.237. The Morgan fingerprint density at radius 3 is 2.82 bits per heavy atom. The fourth-order valence-corrected chi connectivity index (χ4v) is 3.91. The zero-order valence-corrected chi connectivity index (χ0v) is 7.58. The molecule has 56 valence electrons. The van der Waals surface area contributed by atoms with Crippen LogP contribution in [0.5, 0.6) is 0 Å². The molecule has 0 aromatic carbocycles. The van der Waals surface area contributed by atoms with Crippen molar-refractivity contribution in [3.63, 3.8) is 0 Å². The SMILES string of the molecule is CC=S1C=C(C#N)C(C#N)S1. The van der Waals surface area contributed by atoms with Crippen molar-refractivity contribution >= 4 is 25.7 Å². The lowest BCUT2D eigenvalue weighted by Gasteiger charge is -1.94. The summed E-state index contributed by atoms with van der Waals surface area (Å²) in [6, 6.07) is 4.12. The van der Waals surface area contributed by atoms with Crippen LogP contribution in [-0.4, -0.2) is 10.6 Å². The highest BCUT2D eigenvalue weighted by Crippen LogP contribution is 2.45. The summed E-state index contributed by atoms with van der Waals surface area (Å²) in [5, 5.41) is 20.8. The van der Waals surface area contributed by atoms with Gasteiger partial charge in [0.05, 0.1) is 17.7 Å². The van der Waals surface area contributed by atoms with Crippen LogP contribution in [0, 0.1) is 22.7 Å². The Bertz CT molecular complexity index is 303. The van der Waals surface area contributed by atoms with Crippen LogP contribution in [0.15, 0.2) is 11.0 Å². The van der Waals surface area contributed by atoms with E-state index in [-0.39, 0.29) is 14.8 Å². The van der Waals surface area contributed by atoms with E-state index in [2.05, 4.69) is 6.07 Å².